The number of amides is 1. The molecule has 0 radical (unpaired) electrons. The fourth-order valence-corrected chi connectivity index (χ4v) is 3.35. The van der Waals surface area contributed by atoms with Gasteiger partial charge in [-0.2, -0.15) is 0 Å². The lowest BCUT2D eigenvalue weighted by Crippen LogP contribution is -2.40. The minimum atomic E-state index is -0.649. The highest BCUT2D eigenvalue weighted by atomic mass is 16.6. The Kier molecular flexibility index (Phi) is 6.62. The number of ether oxygens (including phenoxy) is 3. The van der Waals surface area contributed by atoms with E-state index in [2.05, 4.69) is 17.1 Å². The summed E-state index contributed by atoms with van der Waals surface area (Å²) in [5.74, 6) is -0.449. The predicted molar refractivity (Wildman–Crippen MR) is 95.4 cm³/mol. The number of hydrogen-bond donors (Lipinski definition) is 1. The van der Waals surface area contributed by atoms with Crippen molar-refractivity contribution in [2.75, 3.05) is 41.0 Å². The lowest BCUT2D eigenvalue weighted by atomic mass is 10.1. The van der Waals surface area contributed by atoms with Crippen molar-refractivity contribution in [3.63, 3.8) is 0 Å². The Bertz CT molecular complexity index is 679. The molecule has 1 aromatic carbocycles. The minimum absolute atomic E-state index is 0.0104. The third kappa shape index (κ3) is 3.82. The van der Waals surface area contributed by atoms with Crippen LogP contribution in [0.15, 0.2) is 6.07 Å². The highest BCUT2D eigenvalue weighted by molar-refractivity contribution is 6.03. The molecule has 1 N–H and O–H groups in total. The van der Waals surface area contributed by atoms with Crippen molar-refractivity contribution in [2.24, 2.45) is 0 Å². The number of nitro groups is 1. The molecule has 26 heavy (non-hydrogen) atoms. The van der Waals surface area contributed by atoms with Crippen LogP contribution in [-0.4, -0.2) is 62.7 Å². The fourth-order valence-electron chi connectivity index (χ4n) is 3.35. The molecule has 1 aliphatic rings. The van der Waals surface area contributed by atoms with Crippen LogP contribution in [0.2, 0.25) is 0 Å². The summed E-state index contributed by atoms with van der Waals surface area (Å²) >= 11 is 0. The van der Waals surface area contributed by atoms with Crippen LogP contribution in [0.1, 0.15) is 30.1 Å². The summed E-state index contributed by atoms with van der Waals surface area (Å²) < 4.78 is 15.5. The second kappa shape index (κ2) is 8.70. The number of benzene rings is 1. The molecule has 0 aliphatic carbocycles. The van der Waals surface area contributed by atoms with Crippen molar-refractivity contribution in [1.82, 2.24) is 10.2 Å². The number of nitrogens with one attached hydrogen (secondary N) is 1. The zero-order valence-electron chi connectivity index (χ0n) is 15.5. The number of hydrogen-bond acceptors (Lipinski definition) is 7. The molecule has 1 saturated heterocycles. The molecule has 1 heterocycles. The number of carbonyl (C=O) groups excluding carboxylic acids is 1. The van der Waals surface area contributed by atoms with Gasteiger partial charge in [-0.15, -0.1) is 0 Å². The van der Waals surface area contributed by atoms with Gasteiger partial charge >= 0.3 is 5.69 Å². The van der Waals surface area contributed by atoms with Crippen LogP contribution in [0, 0.1) is 10.1 Å². The van der Waals surface area contributed by atoms with E-state index in [0.717, 1.165) is 25.9 Å². The quantitative estimate of drug-likeness (QED) is 0.552. The number of likely N-dealkylation sites (tertiary alicyclic amines) is 1. The number of rotatable bonds is 8. The first-order valence-corrected chi connectivity index (χ1v) is 8.48. The third-order valence-electron chi connectivity index (χ3n) is 4.64. The SMILES string of the molecule is CCN1CCCC1CNC(=O)c1c(OC)c(OC)cc(OC)c1[N+](=O)[O-]. The van der Waals surface area contributed by atoms with Crippen LogP contribution in [0.4, 0.5) is 5.69 Å². The molecular formula is C17H25N3O6. The van der Waals surface area contributed by atoms with Gasteiger partial charge in [0.05, 0.1) is 26.3 Å². The standard InChI is InChI=1S/C17H25N3O6/c1-5-19-8-6-7-11(19)10-18-17(21)14-15(20(22)23)12(24-2)9-13(25-3)16(14)26-4/h9,11H,5-8,10H2,1-4H3,(H,18,21). The molecule has 1 atom stereocenters. The molecule has 0 aromatic heterocycles. The van der Waals surface area contributed by atoms with E-state index in [1.165, 1.54) is 27.4 Å². The summed E-state index contributed by atoms with van der Waals surface area (Å²) in [5.41, 5.74) is -0.642. The Morgan fingerprint density at radius 1 is 1.31 bits per heavy atom. The smallest absolute Gasteiger partial charge is 0.327 e. The molecule has 0 bridgehead atoms. The summed E-state index contributed by atoms with van der Waals surface area (Å²) in [6, 6.07) is 1.56. The normalized spacial score (nSPS) is 17.0. The molecule has 1 fully saturated rings. The molecule has 0 spiro atoms. The van der Waals surface area contributed by atoms with Gasteiger partial charge in [0.1, 0.15) is 0 Å². The zero-order valence-corrected chi connectivity index (χ0v) is 15.5. The number of nitrogens with zero attached hydrogens (tertiary/aromatic N) is 2. The van der Waals surface area contributed by atoms with Crippen molar-refractivity contribution in [3.05, 3.63) is 21.7 Å². The van der Waals surface area contributed by atoms with E-state index >= 15 is 0 Å². The van der Waals surface area contributed by atoms with E-state index in [1.54, 1.807) is 0 Å². The van der Waals surface area contributed by atoms with Crippen molar-refractivity contribution < 1.29 is 23.9 Å². The Hall–Kier alpha value is -2.55. The maximum Gasteiger partial charge on any atom is 0.327 e. The van der Waals surface area contributed by atoms with Crippen LogP contribution < -0.4 is 19.5 Å². The molecule has 0 saturated carbocycles. The maximum absolute atomic E-state index is 12.8. The maximum atomic E-state index is 12.8. The number of methoxy groups -OCH3 is 3. The second-order valence-electron chi connectivity index (χ2n) is 5.93. The molecule has 9 heteroatoms. The monoisotopic (exact) mass is 367 g/mol. The van der Waals surface area contributed by atoms with Gasteiger partial charge in [0, 0.05) is 18.7 Å². The van der Waals surface area contributed by atoms with Crippen LogP contribution in [0.3, 0.4) is 0 Å². The van der Waals surface area contributed by atoms with E-state index in [-0.39, 0.29) is 28.9 Å². The Labute approximate surface area is 152 Å². The minimum Gasteiger partial charge on any atom is -0.493 e. The highest BCUT2D eigenvalue weighted by Gasteiger charge is 2.34. The van der Waals surface area contributed by atoms with Crippen LogP contribution >= 0.6 is 0 Å². The van der Waals surface area contributed by atoms with E-state index in [1.807, 2.05) is 0 Å². The van der Waals surface area contributed by atoms with Gasteiger partial charge < -0.3 is 19.5 Å². The lowest BCUT2D eigenvalue weighted by molar-refractivity contribution is -0.386. The first-order valence-electron chi connectivity index (χ1n) is 8.48. The van der Waals surface area contributed by atoms with Crippen molar-refractivity contribution in [3.8, 4) is 17.2 Å². The summed E-state index contributed by atoms with van der Waals surface area (Å²) in [5, 5.41) is 14.4. The largest absolute Gasteiger partial charge is 0.493 e. The molecule has 9 nitrogen and oxygen atoms in total. The van der Waals surface area contributed by atoms with Crippen LogP contribution in [-0.2, 0) is 0 Å². The molecule has 1 amide bonds. The molecule has 1 aromatic rings. The van der Waals surface area contributed by atoms with Gasteiger partial charge in [-0.25, -0.2) is 0 Å². The predicted octanol–water partition coefficient (Wildman–Crippen LogP) is 1.83. The Balaban J connectivity index is 2.38. The summed E-state index contributed by atoms with van der Waals surface area (Å²) in [6.45, 7) is 4.37. The van der Waals surface area contributed by atoms with Gasteiger partial charge in [-0.1, -0.05) is 6.92 Å². The second-order valence-corrected chi connectivity index (χ2v) is 5.93. The van der Waals surface area contributed by atoms with Crippen molar-refractivity contribution >= 4 is 11.6 Å². The average Bonchev–Trinajstić information content (AvgIpc) is 3.11. The van der Waals surface area contributed by atoms with Gasteiger partial charge in [0.2, 0.25) is 5.75 Å². The molecule has 1 unspecified atom stereocenters. The first kappa shape index (κ1) is 19.8. The average molecular weight is 367 g/mol. The zero-order chi connectivity index (χ0) is 19.3. The molecule has 2 rings (SSSR count). The van der Waals surface area contributed by atoms with Gasteiger partial charge in [0.15, 0.2) is 17.1 Å². The van der Waals surface area contributed by atoms with E-state index < -0.39 is 16.5 Å². The van der Waals surface area contributed by atoms with Crippen molar-refractivity contribution in [2.45, 2.75) is 25.8 Å². The van der Waals surface area contributed by atoms with Crippen molar-refractivity contribution in [1.29, 1.82) is 0 Å². The van der Waals surface area contributed by atoms with Gasteiger partial charge in [-0.3, -0.25) is 19.8 Å². The van der Waals surface area contributed by atoms with Gasteiger partial charge in [0.25, 0.3) is 5.91 Å². The summed E-state index contributed by atoms with van der Waals surface area (Å²) in [4.78, 5) is 26.0. The molecule has 1 aliphatic heterocycles. The number of likely N-dealkylation sites (N-methyl/N-ethyl adjacent to an activating group) is 1. The van der Waals surface area contributed by atoms with E-state index in [9.17, 15) is 14.9 Å². The molecule has 144 valence electrons. The first-order chi connectivity index (χ1) is 12.5. The van der Waals surface area contributed by atoms with E-state index in [4.69, 9.17) is 14.2 Å². The molecular weight excluding hydrogens is 342 g/mol. The Morgan fingerprint density at radius 2 is 2.00 bits per heavy atom. The summed E-state index contributed by atoms with van der Waals surface area (Å²) in [7, 11) is 4.02. The highest BCUT2D eigenvalue weighted by Crippen LogP contribution is 2.44. The third-order valence-corrected chi connectivity index (χ3v) is 4.64. The lowest BCUT2D eigenvalue weighted by Gasteiger charge is -2.23. The van der Waals surface area contributed by atoms with E-state index in [0.29, 0.717) is 6.54 Å². The Morgan fingerprint density at radius 3 is 2.54 bits per heavy atom. The van der Waals surface area contributed by atoms with Gasteiger partial charge in [-0.05, 0) is 25.9 Å². The number of nitro benzene ring substituents is 1. The number of carbonyl (C=O) groups is 1. The van der Waals surface area contributed by atoms with Crippen LogP contribution in [0.5, 0.6) is 17.2 Å². The topological polar surface area (TPSA) is 103 Å². The summed E-state index contributed by atoms with van der Waals surface area (Å²) in [6.07, 6.45) is 2.06. The fraction of sp³-hybridized carbons (Fsp3) is 0.588. The van der Waals surface area contributed by atoms with Crippen LogP contribution in [0.25, 0.3) is 0 Å².